The van der Waals surface area contributed by atoms with Crippen molar-refractivity contribution in [1.29, 1.82) is 0 Å². The molecule has 0 radical (unpaired) electrons. The van der Waals surface area contributed by atoms with Crippen molar-refractivity contribution in [1.82, 2.24) is 0 Å². The summed E-state index contributed by atoms with van der Waals surface area (Å²) in [5.41, 5.74) is 3.94. The molecule has 7 heteroatoms. The van der Waals surface area contributed by atoms with Crippen LogP contribution in [0.4, 0.5) is 20.2 Å². The van der Waals surface area contributed by atoms with Gasteiger partial charge in [0.2, 0.25) is 5.91 Å². The van der Waals surface area contributed by atoms with E-state index in [0.717, 1.165) is 36.5 Å². The number of hydrazone groups is 1. The Hall–Kier alpha value is -3.87. The number of halogens is 2. The van der Waals surface area contributed by atoms with Gasteiger partial charge in [0, 0.05) is 18.2 Å². The van der Waals surface area contributed by atoms with Gasteiger partial charge in [-0.25, -0.2) is 8.78 Å². The zero-order chi connectivity index (χ0) is 25.2. The number of nitrogens with one attached hydrogen (secondary N) is 1. The average Bonchev–Trinajstić information content (AvgIpc) is 3.13. The lowest BCUT2D eigenvalue weighted by atomic mass is 9.99. The molecular formula is C28H27F2N3O2. The summed E-state index contributed by atoms with van der Waals surface area (Å²) >= 11 is 0. The first-order valence-corrected chi connectivity index (χ1v) is 11.5. The van der Waals surface area contributed by atoms with Gasteiger partial charge in [0.05, 0.1) is 11.4 Å². The van der Waals surface area contributed by atoms with E-state index in [1.807, 2.05) is 42.5 Å². The molecule has 2 amide bonds. The second kappa shape index (κ2) is 9.78. The van der Waals surface area contributed by atoms with Crippen LogP contribution in [-0.4, -0.2) is 17.5 Å². The van der Waals surface area contributed by atoms with Crippen LogP contribution in [0.2, 0.25) is 0 Å². The topological polar surface area (TPSA) is 61.8 Å². The van der Waals surface area contributed by atoms with Gasteiger partial charge in [0.1, 0.15) is 0 Å². The first-order chi connectivity index (χ1) is 16.7. The number of hydrogen-bond acceptors (Lipinski definition) is 3. The van der Waals surface area contributed by atoms with Crippen molar-refractivity contribution in [3.8, 4) is 11.1 Å². The number of benzene rings is 3. The first kappa shape index (κ1) is 24.3. The van der Waals surface area contributed by atoms with Gasteiger partial charge in [-0.05, 0) is 54.3 Å². The summed E-state index contributed by atoms with van der Waals surface area (Å²) in [6.45, 7) is 4.49. The lowest BCUT2D eigenvalue weighted by Gasteiger charge is -2.17. The van der Waals surface area contributed by atoms with E-state index in [0.29, 0.717) is 11.4 Å². The number of hydrogen-bond donors (Lipinski definition) is 1. The Balaban J connectivity index is 1.61. The highest BCUT2D eigenvalue weighted by atomic mass is 19.3. The normalized spacial score (nSPS) is 15.8. The van der Waals surface area contributed by atoms with E-state index in [-0.39, 0.29) is 11.3 Å². The van der Waals surface area contributed by atoms with Crippen LogP contribution in [0.25, 0.3) is 11.1 Å². The predicted octanol–water partition coefficient (Wildman–Crippen LogP) is 6.40. The Labute approximate surface area is 203 Å². The Morgan fingerprint density at radius 2 is 1.77 bits per heavy atom. The Bertz CT molecular complexity index is 1280. The molecule has 1 unspecified atom stereocenters. The molecule has 180 valence electrons. The van der Waals surface area contributed by atoms with E-state index < -0.39 is 23.7 Å². The van der Waals surface area contributed by atoms with Crippen LogP contribution in [0.3, 0.4) is 0 Å². The lowest BCUT2D eigenvalue weighted by molar-refractivity contribution is -0.127. The van der Waals surface area contributed by atoms with E-state index in [1.54, 1.807) is 6.92 Å². The lowest BCUT2D eigenvalue weighted by Crippen LogP contribution is -2.36. The van der Waals surface area contributed by atoms with Gasteiger partial charge in [0.25, 0.3) is 11.8 Å². The molecule has 1 aliphatic rings. The second-order valence-electron chi connectivity index (χ2n) is 8.79. The molecular weight excluding hydrogens is 448 g/mol. The van der Waals surface area contributed by atoms with Crippen molar-refractivity contribution in [2.24, 2.45) is 11.0 Å². The molecule has 0 saturated heterocycles. The molecule has 1 heterocycles. The maximum atomic E-state index is 13.7. The Morgan fingerprint density at radius 3 is 2.46 bits per heavy atom. The van der Waals surface area contributed by atoms with E-state index in [2.05, 4.69) is 23.4 Å². The van der Waals surface area contributed by atoms with Gasteiger partial charge in [-0.2, -0.15) is 10.1 Å². The average molecular weight is 476 g/mol. The van der Waals surface area contributed by atoms with Crippen LogP contribution in [0.1, 0.15) is 38.3 Å². The van der Waals surface area contributed by atoms with Crippen molar-refractivity contribution < 1.29 is 18.4 Å². The third-order valence-corrected chi connectivity index (χ3v) is 5.90. The molecule has 1 atom stereocenters. The third kappa shape index (κ3) is 5.29. The number of amides is 2. The zero-order valence-electron chi connectivity index (χ0n) is 19.9. The van der Waals surface area contributed by atoms with Crippen LogP contribution < -0.4 is 10.3 Å². The molecule has 1 N–H and O–H groups in total. The standard InChI is InChI=1S/C28H27F2N3O2/c1-4-9-19-14-21(20-10-6-5-7-11-20)16-24(15-19)33-27(35)25(18(2)32-33)26(34)31-23-13-8-12-22(17-23)28(3,29)30/h5-8,10-17,25H,4,9H2,1-3H3,(H,31,34). The molecule has 3 aromatic rings. The SMILES string of the molecule is CCCc1cc(-c2ccccc2)cc(N2N=C(C)C(C(=O)Nc3cccc(C(C)(F)F)c3)C2=O)c1. The van der Waals surface area contributed by atoms with Gasteiger partial charge >= 0.3 is 0 Å². The smallest absolute Gasteiger partial charge is 0.270 e. The number of aryl methyl sites for hydroxylation is 1. The molecule has 0 bridgehead atoms. The first-order valence-electron chi connectivity index (χ1n) is 11.5. The second-order valence-corrected chi connectivity index (χ2v) is 8.79. The minimum atomic E-state index is -3.04. The Kier molecular flexibility index (Phi) is 6.78. The quantitative estimate of drug-likeness (QED) is 0.402. The van der Waals surface area contributed by atoms with Gasteiger partial charge in [-0.1, -0.05) is 61.9 Å². The molecule has 3 aromatic carbocycles. The molecule has 4 rings (SSSR count). The molecule has 0 fully saturated rings. The monoisotopic (exact) mass is 475 g/mol. The van der Waals surface area contributed by atoms with Crippen LogP contribution in [0.5, 0.6) is 0 Å². The summed E-state index contributed by atoms with van der Waals surface area (Å²) in [5, 5.41) is 8.26. The summed E-state index contributed by atoms with van der Waals surface area (Å²) in [7, 11) is 0. The molecule has 35 heavy (non-hydrogen) atoms. The van der Waals surface area contributed by atoms with E-state index in [9.17, 15) is 18.4 Å². The number of carbonyl (C=O) groups is 2. The van der Waals surface area contributed by atoms with Crippen LogP contribution >= 0.6 is 0 Å². The predicted molar refractivity (Wildman–Crippen MR) is 135 cm³/mol. The summed E-state index contributed by atoms with van der Waals surface area (Å²) in [5.74, 6) is -5.28. The molecule has 5 nitrogen and oxygen atoms in total. The van der Waals surface area contributed by atoms with Crippen LogP contribution in [-0.2, 0) is 21.9 Å². The van der Waals surface area contributed by atoms with Crippen molar-refractivity contribution >= 4 is 28.9 Å². The van der Waals surface area contributed by atoms with Crippen LogP contribution in [0.15, 0.2) is 77.9 Å². The highest BCUT2D eigenvalue weighted by Crippen LogP contribution is 2.32. The molecule has 0 spiro atoms. The van der Waals surface area contributed by atoms with E-state index >= 15 is 0 Å². The van der Waals surface area contributed by atoms with Gasteiger partial charge < -0.3 is 5.32 Å². The Morgan fingerprint density at radius 1 is 1.03 bits per heavy atom. The van der Waals surface area contributed by atoms with Crippen molar-refractivity contribution in [2.45, 2.75) is 39.5 Å². The van der Waals surface area contributed by atoms with Crippen molar-refractivity contribution in [3.05, 3.63) is 83.9 Å². The molecule has 0 saturated carbocycles. The summed E-state index contributed by atoms with van der Waals surface area (Å²) < 4.78 is 27.4. The highest BCUT2D eigenvalue weighted by Gasteiger charge is 2.40. The zero-order valence-corrected chi connectivity index (χ0v) is 19.9. The third-order valence-electron chi connectivity index (χ3n) is 5.90. The van der Waals surface area contributed by atoms with E-state index in [1.165, 1.54) is 29.3 Å². The molecule has 0 aliphatic carbocycles. The minimum Gasteiger partial charge on any atom is -0.325 e. The fraction of sp³-hybridized carbons (Fsp3) is 0.250. The highest BCUT2D eigenvalue weighted by molar-refractivity contribution is 6.28. The fourth-order valence-corrected chi connectivity index (χ4v) is 4.16. The summed E-state index contributed by atoms with van der Waals surface area (Å²) in [4.78, 5) is 26.3. The maximum Gasteiger partial charge on any atom is 0.270 e. The largest absolute Gasteiger partial charge is 0.325 e. The van der Waals surface area contributed by atoms with Crippen molar-refractivity contribution in [3.63, 3.8) is 0 Å². The maximum absolute atomic E-state index is 13.7. The van der Waals surface area contributed by atoms with Crippen molar-refractivity contribution in [2.75, 3.05) is 10.3 Å². The number of anilines is 2. The molecule has 0 aromatic heterocycles. The van der Waals surface area contributed by atoms with Gasteiger partial charge in [-0.3, -0.25) is 9.59 Å². The van der Waals surface area contributed by atoms with Gasteiger partial charge in [-0.15, -0.1) is 0 Å². The van der Waals surface area contributed by atoms with E-state index in [4.69, 9.17) is 0 Å². The number of nitrogens with zero attached hydrogens (tertiary/aromatic N) is 2. The van der Waals surface area contributed by atoms with Gasteiger partial charge in [0.15, 0.2) is 5.92 Å². The summed E-state index contributed by atoms with van der Waals surface area (Å²) in [6, 6.07) is 21.2. The number of rotatable bonds is 7. The number of alkyl halides is 2. The summed E-state index contributed by atoms with van der Waals surface area (Å²) in [6.07, 6.45) is 1.77. The molecule has 1 aliphatic heterocycles. The minimum absolute atomic E-state index is 0.199. The fourth-order valence-electron chi connectivity index (χ4n) is 4.16. The number of carbonyl (C=O) groups excluding carboxylic acids is 2. The van der Waals surface area contributed by atoms with Crippen LogP contribution in [0, 0.1) is 5.92 Å².